The van der Waals surface area contributed by atoms with Gasteiger partial charge in [0.1, 0.15) is 5.76 Å². The number of nitrogens with one attached hydrogen (secondary N) is 2. The van der Waals surface area contributed by atoms with E-state index in [0.29, 0.717) is 32.9 Å². The average molecular weight is 474 g/mol. The number of aromatic nitrogens is 1. The topological polar surface area (TPSA) is 101 Å². The van der Waals surface area contributed by atoms with E-state index in [1.54, 1.807) is 47.8 Å². The summed E-state index contributed by atoms with van der Waals surface area (Å²) in [4.78, 5) is 16.9. The number of thiazole rings is 1. The minimum atomic E-state index is -3.34. The maximum absolute atomic E-state index is 12.5. The van der Waals surface area contributed by atoms with Crippen LogP contribution >= 0.6 is 22.9 Å². The van der Waals surface area contributed by atoms with Crippen LogP contribution in [0.5, 0.6) is 0 Å². The maximum atomic E-state index is 12.5. The molecule has 4 aromatic rings. The molecule has 2 aromatic heterocycles. The number of rotatable bonds is 6. The van der Waals surface area contributed by atoms with Gasteiger partial charge in [-0.05, 0) is 36.4 Å². The third kappa shape index (κ3) is 5.13. The van der Waals surface area contributed by atoms with Gasteiger partial charge in [-0.3, -0.25) is 14.8 Å². The fraction of sp³-hybridized carbons (Fsp3) is 0.0476. The predicted molar refractivity (Wildman–Crippen MR) is 123 cm³/mol. The summed E-state index contributed by atoms with van der Waals surface area (Å²) in [6, 6.07) is 17.3. The molecule has 0 unspecified atom stereocenters. The first-order valence-electron chi connectivity index (χ1n) is 8.98. The van der Waals surface area contributed by atoms with Gasteiger partial charge in [-0.25, -0.2) is 13.4 Å². The molecule has 0 spiro atoms. The van der Waals surface area contributed by atoms with Crippen LogP contribution < -0.4 is 10.0 Å². The summed E-state index contributed by atoms with van der Waals surface area (Å²) >= 11 is 7.45. The van der Waals surface area contributed by atoms with Gasteiger partial charge in [-0.15, -0.1) is 11.3 Å². The third-order valence-electron chi connectivity index (χ3n) is 4.18. The molecule has 1 amide bonds. The summed E-state index contributed by atoms with van der Waals surface area (Å²) in [5.74, 6) is 0.216. The van der Waals surface area contributed by atoms with Gasteiger partial charge in [0.15, 0.2) is 10.9 Å². The van der Waals surface area contributed by atoms with Crippen LogP contribution in [-0.2, 0) is 10.0 Å². The zero-order chi connectivity index (χ0) is 22.0. The van der Waals surface area contributed by atoms with Crippen LogP contribution in [0.4, 0.5) is 10.8 Å². The normalized spacial score (nSPS) is 11.3. The van der Waals surface area contributed by atoms with Crippen LogP contribution in [0.3, 0.4) is 0 Å². The molecule has 0 bridgehead atoms. The maximum Gasteiger partial charge on any atom is 0.293 e. The molecule has 0 aliphatic carbocycles. The van der Waals surface area contributed by atoms with Crippen LogP contribution in [0.15, 0.2) is 70.5 Å². The Morgan fingerprint density at radius 2 is 1.81 bits per heavy atom. The molecule has 7 nitrogen and oxygen atoms in total. The van der Waals surface area contributed by atoms with Crippen molar-refractivity contribution in [3.63, 3.8) is 0 Å². The Labute approximate surface area is 187 Å². The highest BCUT2D eigenvalue weighted by molar-refractivity contribution is 7.92. The summed E-state index contributed by atoms with van der Waals surface area (Å²) in [6.45, 7) is 0. The van der Waals surface area contributed by atoms with Crippen LogP contribution in [0.25, 0.3) is 22.6 Å². The molecule has 31 heavy (non-hydrogen) atoms. The van der Waals surface area contributed by atoms with Crippen LogP contribution in [0.2, 0.25) is 5.02 Å². The fourth-order valence-corrected chi connectivity index (χ4v) is 4.32. The van der Waals surface area contributed by atoms with E-state index in [2.05, 4.69) is 15.0 Å². The molecule has 0 atom stereocenters. The monoisotopic (exact) mass is 473 g/mol. The number of hydrogen-bond donors (Lipinski definition) is 2. The number of amides is 1. The summed E-state index contributed by atoms with van der Waals surface area (Å²) in [5.41, 5.74) is 2.60. The van der Waals surface area contributed by atoms with Crippen molar-refractivity contribution >= 4 is 49.7 Å². The second kappa shape index (κ2) is 8.54. The number of furan rings is 1. The first-order chi connectivity index (χ1) is 14.8. The largest absolute Gasteiger partial charge is 0.451 e. The quantitative estimate of drug-likeness (QED) is 0.393. The van der Waals surface area contributed by atoms with Crippen molar-refractivity contribution in [2.75, 3.05) is 16.3 Å². The van der Waals surface area contributed by atoms with Crippen molar-refractivity contribution in [3.05, 3.63) is 76.8 Å². The van der Waals surface area contributed by atoms with Gasteiger partial charge in [0, 0.05) is 22.2 Å². The molecule has 0 saturated heterocycles. The first kappa shape index (κ1) is 21.1. The van der Waals surface area contributed by atoms with Crippen LogP contribution in [0.1, 0.15) is 10.6 Å². The van der Waals surface area contributed by atoms with Crippen molar-refractivity contribution in [2.24, 2.45) is 0 Å². The van der Waals surface area contributed by atoms with Gasteiger partial charge in [0.05, 0.1) is 17.0 Å². The van der Waals surface area contributed by atoms with Gasteiger partial charge >= 0.3 is 0 Å². The van der Waals surface area contributed by atoms with Crippen molar-refractivity contribution < 1.29 is 17.6 Å². The van der Waals surface area contributed by atoms with Gasteiger partial charge < -0.3 is 4.42 Å². The molecule has 0 fully saturated rings. The Morgan fingerprint density at radius 3 is 2.52 bits per heavy atom. The summed E-state index contributed by atoms with van der Waals surface area (Å²) < 4.78 is 30.7. The van der Waals surface area contributed by atoms with Gasteiger partial charge in [-0.1, -0.05) is 35.9 Å². The highest BCUT2D eigenvalue weighted by atomic mass is 35.5. The molecule has 2 aromatic carbocycles. The van der Waals surface area contributed by atoms with Crippen molar-refractivity contribution in [3.8, 4) is 22.6 Å². The van der Waals surface area contributed by atoms with Gasteiger partial charge in [-0.2, -0.15) is 0 Å². The lowest BCUT2D eigenvalue weighted by atomic mass is 10.1. The number of carbonyl (C=O) groups excluding carboxylic acids is 1. The van der Waals surface area contributed by atoms with Gasteiger partial charge in [0.2, 0.25) is 10.0 Å². The van der Waals surface area contributed by atoms with E-state index in [1.165, 1.54) is 11.3 Å². The molecular weight excluding hydrogens is 458 g/mol. The van der Waals surface area contributed by atoms with E-state index in [9.17, 15) is 13.2 Å². The molecule has 2 heterocycles. The number of anilines is 2. The standard InChI is InChI=1S/C21H16ClN3O4S2/c1-31(27,28)25-14-8-6-13(7-9-14)17-12-30-21(23-17)24-20(26)19-11-10-18(29-19)15-4-2-3-5-16(15)22/h2-12,25H,1H3,(H,23,24,26). The summed E-state index contributed by atoms with van der Waals surface area (Å²) in [7, 11) is -3.34. The molecule has 0 aliphatic rings. The van der Waals surface area contributed by atoms with E-state index >= 15 is 0 Å². The summed E-state index contributed by atoms with van der Waals surface area (Å²) in [5, 5.41) is 5.46. The van der Waals surface area contributed by atoms with E-state index in [0.717, 1.165) is 11.8 Å². The Morgan fingerprint density at radius 1 is 1.06 bits per heavy atom. The molecule has 0 saturated carbocycles. The number of nitrogens with zero attached hydrogens (tertiary/aromatic N) is 1. The number of carbonyl (C=O) groups is 1. The molecule has 2 N–H and O–H groups in total. The molecule has 0 radical (unpaired) electrons. The number of benzene rings is 2. The second-order valence-electron chi connectivity index (χ2n) is 6.59. The summed E-state index contributed by atoms with van der Waals surface area (Å²) in [6.07, 6.45) is 1.09. The van der Waals surface area contributed by atoms with Gasteiger partial charge in [0.25, 0.3) is 5.91 Å². The minimum absolute atomic E-state index is 0.142. The Bertz CT molecular complexity index is 1340. The SMILES string of the molecule is CS(=O)(=O)Nc1ccc(-c2csc(NC(=O)c3ccc(-c4ccccc4Cl)o3)n2)cc1. The molecule has 0 aliphatic heterocycles. The van der Waals surface area contributed by atoms with E-state index < -0.39 is 15.9 Å². The Balaban J connectivity index is 1.46. The number of hydrogen-bond acceptors (Lipinski definition) is 6. The zero-order valence-electron chi connectivity index (χ0n) is 16.1. The second-order valence-corrected chi connectivity index (χ2v) is 9.60. The van der Waals surface area contributed by atoms with Crippen molar-refractivity contribution in [1.29, 1.82) is 0 Å². The lowest BCUT2D eigenvalue weighted by Crippen LogP contribution is -2.10. The van der Waals surface area contributed by atoms with Crippen molar-refractivity contribution in [1.82, 2.24) is 4.98 Å². The molecule has 4 rings (SSSR count). The van der Waals surface area contributed by atoms with E-state index in [1.807, 2.05) is 18.2 Å². The number of sulfonamides is 1. The average Bonchev–Trinajstić information content (AvgIpc) is 3.38. The number of halogens is 1. The first-order valence-corrected chi connectivity index (χ1v) is 12.1. The minimum Gasteiger partial charge on any atom is -0.451 e. The highest BCUT2D eigenvalue weighted by Gasteiger charge is 2.16. The van der Waals surface area contributed by atoms with Crippen molar-refractivity contribution in [2.45, 2.75) is 0 Å². The highest BCUT2D eigenvalue weighted by Crippen LogP contribution is 2.30. The zero-order valence-corrected chi connectivity index (χ0v) is 18.5. The lowest BCUT2D eigenvalue weighted by molar-refractivity contribution is 0.0997. The predicted octanol–water partition coefficient (Wildman–Crippen LogP) is 5.35. The Kier molecular flexibility index (Phi) is 5.81. The molecule has 158 valence electrons. The van der Waals surface area contributed by atoms with E-state index in [4.69, 9.17) is 16.0 Å². The van der Waals surface area contributed by atoms with E-state index in [-0.39, 0.29) is 5.76 Å². The molecular formula is C21H16ClN3O4S2. The van der Waals surface area contributed by atoms with Crippen LogP contribution in [0, 0.1) is 0 Å². The fourth-order valence-electron chi connectivity index (χ4n) is 2.81. The smallest absolute Gasteiger partial charge is 0.293 e. The Hall–Kier alpha value is -3.14. The third-order valence-corrected chi connectivity index (χ3v) is 5.87. The lowest BCUT2D eigenvalue weighted by Gasteiger charge is -2.04. The molecule has 10 heteroatoms. The van der Waals surface area contributed by atoms with Crippen LogP contribution in [-0.4, -0.2) is 25.6 Å².